The third-order valence-electron chi connectivity index (χ3n) is 6.34. The van der Waals surface area contributed by atoms with Crippen molar-refractivity contribution in [3.63, 3.8) is 0 Å². The molecule has 0 radical (unpaired) electrons. The number of aromatic nitrogens is 1. The average Bonchev–Trinajstić information content (AvgIpc) is 3.18. The van der Waals surface area contributed by atoms with Crippen molar-refractivity contribution >= 4 is 29.9 Å². The highest BCUT2D eigenvalue weighted by molar-refractivity contribution is 14.0. The molecule has 0 unspecified atom stereocenters. The van der Waals surface area contributed by atoms with E-state index in [1.165, 1.54) is 49.9 Å². The van der Waals surface area contributed by atoms with Crippen molar-refractivity contribution in [3.8, 4) is 0 Å². The molecule has 0 aliphatic carbocycles. The van der Waals surface area contributed by atoms with E-state index in [4.69, 9.17) is 4.52 Å². The van der Waals surface area contributed by atoms with Gasteiger partial charge in [0.2, 0.25) is 0 Å². The lowest BCUT2D eigenvalue weighted by atomic mass is 10.1. The van der Waals surface area contributed by atoms with Gasteiger partial charge in [-0.05, 0) is 37.1 Å². The van der Waals surface area contributed by atoms with Crippen LogP contribution in [0.4, 0.5) is 0 Å². The first-order valence-electron chi connectivity index (χ1n) is 11.7. The Morgan fingerprint density at radius 1 is 0.875 bits per heavy atom. The fraction of sp³-hybridized carbons (Fsp3) is 0.583. The molecular weight excluding hydrogens is 515 g/mol. The van der Waals surface area contributed by atoms with E-state index in [1.54, 1.807) is 6.26 Å². The van der Waals surface area contributed by atoms with Crippen LogP contribution in [-0.2, 0) is 19.6 Å². The van der Waals surface area contributed by atoms with Gasteiger partial charge in [-0.3, -0.25) is 14.8 Å². The number of piperazine rings is 1. The van der Waals surface area contributed by atoms with Crippen LogP contribution < -0.4 is 5.32 Å². The average molecular weight is 553 g/mol. The monoisotopic (exact) mass is 552 g/mol. The molecule has 0 bridgehead atoms. The molecule has 2 fully saturated rings. The van der Waals surface area contributed by atoms with Crippen LogP contribution in [0.25, 0.3) is 0 Å². The third-order valence-corrected chi connectivity index (χ3v) is 6.34. The smallest absolute Gasteiger partial charge is 0.194 e. The summed E-state index contributed by atoms with van der Waals surface area (Å²) in [5, 5.41) is 7.56. The summed E-state index contributed by atoms with van der Waals surface area (Å²) in [6.07, 6.45) is 7.10. The van der Waals surface area contributed by atoms with Crippen LogP contribution in [0.15, 0.2) is 46.1 Å². The molecule has 2 aliphatic heterocycles. The molecule has 2 saturated heterocycles. The van der Waals surface area contributed by atoms with Gasteiger partial charge in [-0.2, -0.15) is 0 Å². The Morgan fingerprint density at radius 2 is 1.53 bits per heavy atom. The summed E-state index contributed by atoms with van der Waals surface area (Å²) in [6.45, 7) is 9.14. The van der Waals surface area contributed by atoms with Gasteiger partial charge >= 0.3 is 0 Å². The van der Waals surface area contributed by atoms with Gasteiger partial charge in [0.05, 0.1) is 5.69 Å². The van der Waals surface area contributed by atoms with Gasteiger partial charge in [0.1, 0.15) is 6.26 Å². The van der Waals surface area contributed by atoms with Gasteiger partial charge < -0.3 is 14.7 Å². The van der Waals surface area contributed by atoms with Crippen molar-refractivity contribution in [1.29, 1.82) is 0 Å². The second kappa shape index (κ2) is 13.2. The highest BCUT2D eigenvalue weighted by Gasteiger charge is 2.20. The molecule has 1 aromatic carbocycles. The zero-order chi connectivity index (χ0) is 21.3. The van der Waals surface area contributed by atoms with E-state index in [9.17, 15) is 0 Å². The van der Waals surface area contributed by atoms with E-state index in [0.29, 0.717) is 0 Å². The molecule has 2 aliphatic rings. The summed E-state index contributed by atoms with van der Waals surface area (Å²) in [4.78, 5) is 11.9. The van der Waals surface area contributed by atoms with Gasteiger partial charge in [-0.25, -0.2) is 0 Å². The molecule has 1 N–H and O–H groups in total. The number of nitrogens with one attached hydrogen (secondary N) is 1. The molecule has 0 saturated carbocycles. The third kappa shape index (κ3) is 7.45. The molecule has 3 heterocycles. The van der Waals surface area contributed by atoms with Crippen molar-refractivity contribution in [3.05, 3.63) is 53.4 Å². The lowest BCUT2D eigenvalue weighted by molar-refractivity contribution is 0.169. The van der Waals surface area contributed by atoms with Crippen LogP contribution in [0.3, 0.4) is 0 Å². The van der Waals surface area contributed by atoms with Gasteiger partial charge in [-0.15, -0.1) is 24.0 Å². The van der Waals surface area contributed by atoms with Crippen molar-refractivity contribution in [1.82, 2.24) is 25.2 Å². The molecule has 7 nitrogen and oxygen atoms in total. The minimum Gasteiger partial charge on any atom is -0.364 e. The first-order chi connectivity index (χ1) is 15.3. The number of nitrogens with zero attached hydrogens (tertiary/aromatic N) is 5. The number of benzene rings is 1. The van der Waals surface area contributed by atoms with E-state index >= 15 is 0 Å². The molecule has 0 amide bonds. The minimum absolute atomic E-state index is 0. The standard InChI is InChI=1S/C24H36N6O.HI/c1-25-24(30-15-13-29(14-16-30)20-23-10-17-31-27-23)26-18-21-6-8-22(9-7-21)19-28-11-4-2-3-5-12-28;/h6-10,17H,2-5,11-16,18-20H2,1H3,(H,25,26);1H. The fourth-order valence-electron chi connectivity index (χ4n) is 4.49. The molecule has 1 aromatic heterocycles. The number of hydrogen-bond acceptors (Lipinski definition) is 5. The second-order valence-corrected chi connectivity index (χ2v) is 8.66. The van der Waals surface area contributed by atoms with E-state index in [-0.39, 0.29) is 24.0 Å². The summed E-state index contributed by atoms with van der Waals surface area (Å²) in [6, 6.07) is 11.0. The Morgan fingerprint density at radius 3 is 2.16 bits per heavy atom. The van der Waals surface area contributed by atoms with Gasteiger partial charge in [0.25, 0.3) is 0 Å². The summed E-state index contributed by atoms with van der Waals surface area (Å²) in [7, 11) is 1.87. The van der Waals surface area contributed by atoms with E-state index in [2.05, 4.69) is 54.4 Å². The number of hydrogen-bond donors (Lipinski definition) is 1. The molecule has 176 valence electrons. The Kier molecular flexibility index (Phi) is 10.3. The first-order valence-corrected chi connectivity index (χ1v) is 11.7. The molecular formula is C24H37IN6O. The summed E-state index contributed by atoms with van der Waals surface area (Å²) < 4.78 is 4.94. The number of halogens is 1. The molecule has 2 aromatic rings. The van der Waals surface area contributed by atoms with Crippen molar-refractivity contribution in [2.24, 2.45) is 4.99 Å². The summed E-state index contributed by atoms with van der Waals surface area (Å²) in [5.41, 5.74) is 3.71. The molecule has 0 spiro atoms. The molecule has 32 heavy (non-hydrogen) atoms. The highest BCUT2D eigenvalue weighted by atomic mass is 127. The maximum Gasteiger partial charge on any atom is 0.194 e. The SMILES string of the molecule is CN=C(NCc1ccc(CN2CCCCCC2)cc1)N1CCN(Cc2ccon2)CC1.I. The Labute approximate surface area is 209 Å². The Hall–Kier alpha value is -1.65. The first kappa shape index (κ1) is 25.0. The maximum atomic E-state index is 4.94. The normalized spacial score (nSPS) is 18.8. The zero-order valence-corrected chi connectivity index (χ0v) is 21.5. The largest absolute Gasteiger partial charge is 0.364 e. The van der Waals surface area contributed by atoms with Crippen LogP contribution >= 0.6 is 24.0 Å². The molecule has 0 atom stereocenters. The van der Waals surface area contributed by atoms with E-state index < -0.39 is 0 Å². The predicted molar refractivity (Wildman–Crippen MR) is 139 cm³/mol. The van der Waals surface area contributed by atoms with Gasteiger partial charge in [0, 0.05) is 58.9 Å². The Bertz CT molecular complexity index is 794. The van der Waals surface area contributed by atoms with Crippen molar-refractivity contribution in [2.45, 2.75) is 45.3 Å². The zero-order valence-electron chi connectivity index (χ0n) is 19.2. The van der Waals surface area contributed by atoms with Crippen LogP contribution in [-0.4, -0.2) is 72.1 Å². The van der Waals surface area contributed by atoms with Crippen molar-refractivity contribution in [2.75, 3.05) is 46.3 Å². The fourth-order valence-corrected chi connectivity index (χ4v) is 4.49. The van der Waals surface area contributed by atoms with Crippen LogP contribution in [0.2, 0.25) is 0 Å². The topological polar surface area (TPSA) is 60.1 Å². The number of aliphatic imine (C=N–C) groups is 1. The minimum atomic E-state index is 0. The summed E-state index contributed by atoms with van der Waals surface area (Å²) >= 11 is 0. The van der Waals surface area contributed by atoms with E-state index in [1.807, 2.05) is 13.1 Å². The van der Waals surface area contributed by atoms with Gasteiger partial charge in [0.15, 0.2) is 5.96 Å². The lowest BCUT2D eigenvalue weighted by Gasteiger charge is -2.36. The number of likely N-dealkylation sites (tertiary alicyclic amines) is 1. The quantitative estimate of drug-likeness (QED) is 0.336. The predicted octanol–water partition coefficient (Wildman–Crippen LogP) is 3.56. The maximum absolute atomic E-state index is 4.94. The highest BCUT2D eigenvalue weighted by Crippen LogP contribution is 2.14. The van der Waals surface area contributed by atoms with Gasteiger partial charge in [-0.1, -0.05) is 42.3 Å². The summed E-state index contributed by atoms with van der Waals surface area (Å²) in [5.74, 6) is 0.981. The second-order valence-electron chi connectivity index (χ2n) is 8.66. The Balaban J connectivity index is 0.00000289. The van der Waals surface area contributed by atoms with Crippen LogP contribution in [0.1, 0.15) is 42.5 Å². The molecule has 4 rings (SSSR count). The molecule has 8 heteroatoms. The van der Waals surface area contributed by atoms with E-state index in [0.717, 1.165) is 57.5 Å². The lowest BCUT2D eigenvalue weighted by Crippen LogP contribution is -2.52. The van der Waals surface area contributed by atoms with Crippen molar-refractivity contribution < 1.29 is 4.52 Å². The van der Waals surface area contributed by atoms with Crippen LogP contribution in [0, 0.1) is 0 Å². The van der Waals surface area contributed by atoms with Crippen LogP contribution in [0.5, 0.6) is 0 Å². The number of rotatable bonds is 6. The number of guanidine groups is 1.